The van der Waals surface area contributed by atoms with Crippen molar-refractivity contribution in [1.82, 2.24) is 4.98 Å². The third kappa shape index (κ3) is 3.04. The monoisotopic (exact) mass is 229 g/mol. The van der Waals surface area contributed by atoms with Crippen LogP contribution in [0, 0.1) is 6.92 Å². The first kappa shape index (κ1) is 11.6. The van der Waals surface area contributed by atoms with E-state index < -0.39 is 6.10 Å². The lowest BCUT2D eigenvalue weighted by atomic mass is 10.2. The number of pyridine rings is 1. The van der Waals surface area contributed by atoms with Crippen molar-refractivity contribution in [2.45, 2.75) is 20.0 Å². The summed E-state index contributed by atoms with van der Waals surface area (Å²) in [7, 11) is 0. The van der Waals surface area contributed by atoms with Gasteiger partial charge in [-0.25, -0.2) is 4.98 Å². The third-order valence-electron chi connectivity index (χ3n) is 2.45. The topological polar surface area (TPSA) is 42.4 Å². The van der Waals surface area contributed by atoms with Crippen LogP contribution >= 0.6 is 0 Å². The fourth-order valence-electron chi connectivity index (χ4n) is 1.54. The van der Waals surface area contributed by atoms with Gasteiger partial charge in [0.25, 0.3) is 0 Å². The zero-order valence-corrected chi connectivity index (χ0v) is 9.92. The number of hydrogen-bond donors (Lipinski definition) is 1. The summed E-state index contributed by atoms with van der Waals surface area (Å²) in [5.74, 6) is 1.24. The summed E-state index contributed by atoms with van der Waals surface area (Å²) in [6, 6.07) is 11.3. The van der Waals surface area contributed by atoms with Crippen molar-refractivity contribution in [2.75, 3.05) is 0 Å². The first-order chi connectivity index (χ1) is 8.15. The van der Waals surface area contributed by atoms with Gasteiger partial charge >= 0.3 is 0 Å². The van der Waals surface area contributed by atoms with Crippen LogP contribution in [-0.4, -0.2) is 10.1 Å². The summed E-state index contributed by atoms with van der Waals surface area (Å²) >= 11 is 0. The van der Waals surface area contributed by atoms with Crippen molar-refractivity contribution in [1.29, 1.82) is 0 Å². The van der Waals surface area contributed by atoms with Gasteiger partial charge in [0.2, 0.25) is 5.88 Å². The molecule has 17 heavy (non-hydrogen) atoms. The molecule has 2 aromatic rings. The average molecular weight is 229 g/mol. The van der Waals surface area contributed by atoms with E-state index in [2.05, 4.69) is 4.98 Å². The molecule has 1 aromatic carbocycles. The fraction of sp³-hybridized carbons (Fsp3) is 0.214. The van der Waals surface area contributed by atoms with Crippen LogP contribution in [0.15, 0.2) is 42.6 Å². The van der Waals surface area contributed by atoms with Crippen molar-refractivity contribution in [3.05, 3.63) is 53.7 Å². The lowest BCUT2D eigenvalue weighted by Crippen LogP contribution is -1.94. The molecule has 0 unspecified atom stereocenters. The van der Waals surface area contributed by atoms with E-state index in [1.54, 1.807) is 25.3 Å². The SMILES string of the molecule is Cc1cccc(Oc2cc([C@H](C)O)ccn2)c1. The molecule has 3 heteroatoms. The van der Waals surface area contributed by atoms with Gasteiger partial charge in [0.05, 0.1) is 6.10 Å². The first-order valence-electron chi connectivity index (χ1n) is 5.54. The molecule has 0 aliphatic heterocycles. The molecule has 0 aliphatic carbocycles. The van der Waals surface area contributed by atoms with Crippen molar-refractivity contribution >= 4 is 0 Å². The van der Waals surface area contributed by atoms with Crippen LogP contribution in [0.3, 0.4) is 0 Å². The number of benzene rings is 1. The standard InChI is InChI=1S/C14H15NO2/c1-10-4-3-5-13(8-10)17-14-9-12(11(2)16)6-7-15-14/h3-9,11,16H,1-2H3/t11-/m0/s1. The molecule has 0 saturated carbocycles. The van der Waals surface area contributed by atoms with E-state index in [1.807, 2.05) is 31.2 Å². The summed E-state index contributed by atoms with van der Waals surface area (Å²) in [4.78, 5) is 4.11. The minimum Gasteiger partial charge on any atom is -0.439 e. The van der Waals surface area contributed by atoms with Crippen molar-refractivity contribution in [3.8, 4) is 11.6 Å². The highest BCUT2D eigenvalue weighted by Gasteiger charge is 2.04. The smallest absolute Gasteiger partial charge is 0.219 e. The molecule has 1 N–H and O–H groups in total. The Balaban J connectivity index is 2.21. The number of aliphatic hydroxyl groups excluding tert-OH is 1. The minimum atomic E-state index is -0.516. The molecule has 0 amide bonds. The second kappa shape index (κ2) is 4.97. The molecule has 0 aliphatic rings. The summed E-state index contributed by atoms with van der Waals surface area (Å²) < 4.78 is 5.63. The summed E-state index contributed by atoms with van der Waals surface area (Å²) in [5, 5.41) is 9.48. The first-order valence-corrected chi connectivity index (χ1v) is 5.54. The van der Waals surface area contributed by atoms with E-state index in [0.29, 0.717) is 5.88 Å². The number of ether oxygens (including phenoxy) is 1. The van der Waals surface area contributed by atoms with Crippen LogP contribution in [0.5, 0.6) is 11.6 Å². The molecule has 0 radical (unpaired) electrons. The van der Waals surface area contributed by atoms with E-state index in [4.69, 9.17) is 4.74 Å². The van der Waals surface area contributed by atoms with Gasteiger partial charge in [-0.2, -0.15) is 0 Å². The van der Waals surface area contributed by atoms with E-state index in [0.717, 1.165) is 16.9 Å². The molecule has 0 spiro atoms. The lowest BCUT2D eigenvalue weighted by molar-refractivity contribution is 0.198. The van der Waals surface area contributed by atoms with Crippen LogP contribution in [-0.2, 0) is 0 Å². The predicted molar refractivity (Wildman–Crippen MR) is 66.1 cm³/mol. The summed E-state index contributed by atoms with van der Waals surface area (Å²) in [6.07, 6.45) is 1.12. The highest BCUT2D eigenvalue weighted by Crippen LogP contribution is 2.22. The molecule has 1 aromatic heterocycles. The number of aryl methyl sites for hydroxylation is 1. The molecule has 0 bridgehead atoms. The molecule has 0 saturated heterocycles. The number of aliphatic hydroxyl groups is 1. The Kier molecular flexibility index (Phi) is 3.40. The third-order valence-corrected chi connectivity index (χ3v) is 2.45. The normalized spacial score (nSPS) is 12.2. The number of hydrogen-bond acceptors (Lipinski definition) is 3. The van der Waals surface area contributed by atoms with Gasteiger partial charge in [-0.15, -0.1) is 0 Å². The maximum absolute atomic E-state index is 9.48. The maximum atomic E-state index is 9.48. The molecule has 1 atom stereocenters. The summed E-state index contributed by atoms with van der Waals surface area (Å²) in [6.45, 7) is 3.72. The quantitative estimate of drug-likeness (QED) is 0.878. The van der Waals surface area contributed by atoms with E-state index >= 15 is 0 Å². The Morgan fingerprint density at radius 2 is 2.06 bits per heavy atom. The van der Waals surface area contributed by atoms with Gasteiger partial charge < -0.3 is 9.84 Å². The second-order valence-electron chi connectivity index (χ2n) is 4.02. The number of aromatic nitrogens is 1. The van der Waals surface area contributed by atoms with E-state index in [1.165, 1.54) is 0 Å². The Morgan fingerprint density at radius 3 is 2.76 bits per heavy atom. The van der Waals surface area contributed by atoms with Crippen LogP contribution < -0.4 is 4.74 Å². The number of nitrogens with zero attached hydrogens (tertiary/aromatic N) is 1. The van der Waals surface area contributed by atoms with Crippen LogP contribution in [0.1, 0.15) is 24.2 Å². The van der Waals surface area contributed by atoms with E-state index in [9.17, 15) is 5.11 Å². The maximum Gasteiger partial charge on any atom is 0.219 e. The van der Waals surface area contributed by atoms with Gasteiger partial charge in [0, 0.05) is 12.3 Å². The van der Waals surface area contributed by atoms with Crippen molar-refractivity contribution in [3.63, 3.8) is 0 Å². The molecular weight excluding hydrogens is 214 g/mol. The van der Waals surface area contributed by atoms with Gasteiger partial charge in [-0.3, -0.25) is 0 Å². The van der Waals surface area contributed by atoms with E-state index in [-0.39, 0.29) is 0 Å². The van der Waals surface area contributed by atoms with Crippen LogP contribution in [0.4, 0.5) is 0 Å². The largest absolute Gasteiger partial charge is 0.439 e. The second-order valence-corrected chi connectivity index (χ2v) is 4.02. The van der Waals surface area contributed by atoms with Crippen LogP contribution in [0.25, 0.3) is 0 Å². The zero-order valence-electron chi connectivity index (χ0n) is 9.92. The van der Waals surface area contributed by atoms with Crippen LogP contribution in [0.2, 0.25) is 0 Å². The van der Waals surface area contributed by atoms with Gasteiger partial charge in [-0.1, -0.05) is 12.1 Å². The molecule has 2 rings (SSSR count). The Hall–Kier alpha value is -1.87. The minimum absolute atomic E-state index is 0.494. The van der Waals surface area contributed by atoms with Crippen molar-refractivity contribution in [2.24, 2.45) is 0 Å². The van der Waals surface area contributed by atoms with Gasteiger partial charge in [-0.05, 0) is 43.2 Å². The Labute approximate surface area is 101 Å². The zero-order chi connectivity index (χ0) is 12.3. The Morgan fingerprint density at radius 1 is 1.24 bits per heavy atom. The highest BCUT2D eigenvalue weighted by molar-refractivity contribution is 5.32. The average Bonchev–Trinajstić information content (AvgIpc) is 2.29. The van der Waals surface area contributed by atoms with Crippen molar-refractivity contribution < 1.29 is 9.84 Å². The molecule has 3 nitrogen and oxygen atoms in total. The number of rotatable bonds is 3. The summed E-state index contributed by atoms with van der Waals surface area (Å²) in [5.41, 5.74) is 1.93. The molecule has 0 fully saturated rings. The molecule has 88 valence electrons. The molecular formula is C14H15NO2. The van der Waals surface area contributed by atoms with Gasteiger partial charge in [0.1, 0.15) is 5.75 Å². The highest BCUT2D eigenvalue weighted by atomic mass is 16.5. The fourth-order valence-corrected chi connectivity index (χ4v) is 1.54. The van der Waals surface area contributed by atoms with Gasteiger partial charge in [0.15, 0.2) is 0 Å². The molecule has 1 heterocycles. The Bertz CT molecular complexity index is 509. The lowest BCUT2D eigenvalue weighted by Gasteiger charge is -2.08. The predicted octanol–water partition coefficient (Wildman–Crippen LogP) is 3.24.